The Hall–Kier alpha value is -0.660. The summed E-state index contributed by atoms with van der Waals surface area (Å²) in [5.74, 6) is -0.285. The van der Waals surface area contributed by atoms with E-state index in [-0.39, 0.29) is 17.5 Å². The molecular formula is C14H26O2. The largest absolute Gasteiger partial charge is 0.299 e. The van der Waals surface area contributed by atoms with Crippen molar-refractivity contribution in [3.05, 3.63) is 0 Å². The fraction of sp³-hybridized carbons (Fsp3) is 0.857. The molecule has 0 aromatic carbocycles. The average molecular weight is 226 g/mol. The van der Waals surface area contributed by atoms with Gasteiger partial charge in [0.15, 0.2) is 0 Å². The fourth-order valence-corrected chi connectivity index (χ4v) is 2.00. The van der Waals surface area contributed by atoms with Crippen LogP contribution >= 0.6 is 0 Å². The zero-order valence-electron chi connectivity index (χ0n) is 11.1. The molecule has 16 heavy (non-hydrogen) atoms. The first-order valence-corrected chi connectivity index (χ1v) is 6.60. The number of hydrogen-bond acceptors (Lipinski definition) is 2. The lowest BCUT2D eigenvalue weighted by atomic mass is 9.93. The van der Waals surface area contributed by atoms with Crippen LogP contribution in [0.15, 0.2) is 0 Å². The van der Waals surface area contributed by atoms with E-state index in [4.69, 9.17) is 0 Å². The number of Topliss-reactive ketones (excluding diaryl/α,β-unsaturated/α-hetero) is 2. The number of hydrogen-bond donors (Lipinski definition) is 0. The molecule has 0 aliphatic rings. The van der Waals surface area contributed by atoms with Crippen LogP contribution in [-0.2, 0) is 9.59 Å². The SMILES string of the molecule is CCCCCCCCCC(C(C)=O)C(C)=O. The molecular weight excluding hydrogens is 200 g/mol. The lowest BCUT2D eigenvalue weighted by molar-refractivity contribution is -0.130. The second-order valence-electron chi connectivity index (χ2n) is 4.68. The summed E-state index contributed by atoms with van der Waals surface area (Å²) in [5.41, 5.74) is 0. The summed E-state index contributed by atoms with van der Waals surface area (Å²) < 4.78 is 0. The van der Waals surface area contributed by atoms with Crippen molar-refractivity contribution in [1.29, 1.82) is 0 Å². The Morgan fingerprint density at radius 2 is 1.25 bits per heavy atom. The van der Waals surface area contributed by atoms with Crippen molar-refractivity contribution in [2.75, 3.05) is 0 Å². The third-order valence-corrected chi connectivity index (χ3v) is 3.08. The minimum Gasteiger partial charge on any atom is -0.299 e. The molecule has 0 fully saturated rings. The number of ketones is 2. The lowest BCUT2D eigenvalue weighted by Gasteiger charge is -2.09. The molecule has 0 aliphatic heterocycles. The maximum absolute atomic E-state index is 11.2. The van der Waals surface area contributed by atoms with E-state index in [1.807, 2.05) is 0 Å². The monoisotopic (exact) mass is 226 g/mol. The average Bonchev–Trinajstić information content (AvgIpc) is 2.21. The van der Waals surface area contributed by atoms with Crippen molar-refractivity contribution in [2.45, 2.75) is 72.1 Å². The molecule has 0 N–H and O–H groups in total. The Balaban J connectivity index is 3.48. The summed E-state index contributed by atoms with van der Waals surface area (Å²) in [4.78, 5) is 22.3. The first-order chi connectivity index (χ1) is 7.59. The maximum Gasteiger partial charge on any atom is 0.140 e. The van der Waals surface area contributed by atoms with Crippen molar-refractivity contribution >= 4 is 11.6 Å². The van der Waals surface area contributed by atoms with Crippen LogP contribution in [0.1, 0.15) is 72.1 Å². The molecule has 0 unspecified atom stereocenters. The molecule has 0 amide bonds. The molecule has 0 rings (SSSR count). The molecule has 0 aromatic heterocycles. The van der Waals surface area contributed by atoms with Crippen molar-refractivity contribution in [3.63, 3.8) is 0 Å². The Kier molecular flexibility index (Phi) is 9.16. The van der Waals surface area contributed by atoms with Crippen molar-refractivity contribution < 1.29 is 9.59 Å². The first-order valence-electron chi connectivity index (χ1n) is 6.60. The molecule has 0 saturated heterocycles. The Labute approximate surface area is 99.8 Å². The zero-order valence-corrected chi connectivity index (χ0v) is 11.1. The van der Waals surface area contributed by atoms with E-state index in [1.165, 1.54) is 46.0 Å². The predicted molar refractivity (Wildman–Crippen MR) is 67.5 cm³/mol. The number of unbranched alkanes of at least 4 members (excludes halogenated alkanes) is 6. The predicted octanol–water partition coefficient (Wildman–Crippen LogP) is 3.92. The lowest BCUT2D eigenvalue weighted by Crippen LogP contribution is -2.19. The smallest absolute Gasteiger partial charge is 0.140 e. The number of carbonyl (C=O) groups excluding carboxylic acids is 2. The van der Waals surface area contributed by atoms with Gasteiger partial charge in [0.2, 0.25) is 0 Å². The molecule has 94 valence electrons. The summed E-state index contributed by atoms with van der Waals surface area (Å²) in [6, 6.07) is 0. The number of rotatable bonds is 10. The van der Waals surface area contributed by atoms with Crippen LogP contribution in [0.3, 0.4) is 0 Å². The van der Waals surface area contributed by atoms with Gasteiger partial charge in [-0.3, -0.25) is 9.59 Å². The fourth-order valence-electron chi connectivity index (χ4n) is 2.00. The van der Waals surface area contributed by atoms with Gasteiger partial charge in [0.1, 0.15) is 11.6 Å². The first kappa shape index (κ1) is 15.3. The van der Waals surface area contributed by atoms with Crippen LogP contribution in [-0.4, -0.2) is 11.6 Å². The molecule has 0 bridgehead atoms. The van der Waals surface area contributed by atoms with Gasteiger partial charge in [-0.05, 0) is 20.3 Å². The molecule has 0 spiro atoms. The van der Waals surface area contributed by atoms with Crippen LogP contribution in [0.25, 0.3) is 0 Å². The summed E-state index contributed by atoms with van der Waals surface area (Å²) in [6.07, 6.45) is 9.36. The summed E-state index contributed by atoms with van der Waals surface area (Å²) in [5, 5.41) is 0. The quantitative estimate of drug-likeness (QED) is 0.418. The molecule has 0 heterocycles. The van der Waals surface area contributed by atoms with E-state index in [9.17, 15) is 9.59 Å². The van der Waals surface area contributed by atoms with Gasteiger partial charge in [0.05, 0.1) is 5.92 Å². The van der Waals surface area contributed by atoms with Crippen molar-refractivity contribution in [2.24, 2.45) is 5.92 Å². The molecule has 0 radical (unpaired) electrons. The van der Waals surface area contributed by atoms with Crippen molar-refractivity contribution in [1.82, 2.24) is 0 Å². The highest BCUT2D eigenvalue weighted by Crippen LogP contribution is 2.14. The minimum absolute atomic E-state index is 0.0264. The molecule has 2 heteroatoms. The number of carbonyl (C=O) groups is 2. The Morgan fingerprint density at radius 3 is 1.69 bits per heavy atom. The van der Waals surface area contributed by atoms with Gasteiger partial charge in [-0.1, -0.05) is 51.9 Å². The summed E-state index contributed by atoms with van der Waals surface area (Å²) in [6.45, 7) is 5.25. The van der Waals surface area contributed by atoms with Gasteiger partial charge in [-0.25, -0.2) is 0 Å². The molecule has 0 aromatic rings. The molecule has 0 aliphatic carbocycles. The third-order valence-electron chi connectivity index (χ3n) is 3.08. The highest BCUT2D eigenvalue weighted by molar-refractivity contribution is 6.00. The van der Waals surface area contributed by atoms with Crippen LogP contribution < -0.4 is 0 Å². The van der Waals surface area contributed by atoms with Crippen LogP contribution in [0.4, 0.5) is 0 Å². The highest BCUT2D eigenvalue weighted by Gasteiger charge is 2.18. The van der Waals surface area contributed by atoms with E-state index in [2.05, 4.69) is 6.92 Å². The standard InChI is InChI=1S/C14H26O2/c1-4-5-6-7-8-9-10-11-14(12(2)15)13(3)16/h14H,4-11H2,1-3H3. The summed E-state index contributed by atoms with van der Waals surface area (Å²) in [7, 11) is 0. The van der Waals surface area contributed by atoms with Crippen LogP contribution in [0.5, 0.6) is 0 Å². The van der Waals surface area contributed by atoms with Gasteiger partial charge in [-0.2, -0.15) is 0 Å². The highest BCUT2D eigenvalue weighted by atomic mass is 16.1. The van der Waals surface area contributed by atoms with E-state index in [1.54, 1.807) is 0 Å². The van der Waals surface area contributed by atoms with Gasteiger partial charge in [-0.15, -0.1) is 0 Å². The maximum atomic E-state index is 11.2. The van der Waals surface area contributed by atoms with Gasteiger partial charge in [0.25, 0.3) is 0 Å². The second kappa shape index (κ2) is 9.56. The molecule has 0 saturated carbocycles. The Bertz CT molecular complexity index is 195. The van der Waals surface area contributed by atoms with E-state index < -0.39 is 0 Å². The van der Waals surface area contributed by atoms with E-state index in [0.717, 1.165) is 19.3 Å². The molecule has 2 nitrogen and oxygen atoms in total. The minimum atomic E-state index is -0.337. The third kappa shape index (κ3) is 7.61. The second-order valence-corrected chi connectivity index (χ2v) is 4.68. The molecule has 0 atom stereocenters. The Morgan fingerprint density at radius 1 is 0.812 bits per heavy atom. The normalized spacial score (nSPS) is 10.8. The van der Waals surface area contributed by atoms with Gasteiger partial charge >= 0.3 is 0 Å². The van der Waals surface area contributed by atoms with E-state index in [0.29, 0.717) is 0 Å². The topological polar surface area (TPSA) is 34.1 Å². The van der Waals surface area contributed by atoms with Crippen LogP contribution in [0, 0.1) is 5.92 Å². The van der Waals surface area contributed by atoms with Crippen LogP contribution in [0.2, 0.25) is 0 Å². The summed E-state index contributed by atoms with van der Waals surface area (Å²) >= 11 is 0. The van der Waals surface area contributed by atoms with Crippen molar-refractivity contribution in [3.8, 4) is 0 Å². The van der Waals surface area contributed by atoms with Gasteiger partial charge in [0, 0.05) is 0 Å². The zero-order chi connectivity index (χ0) is 12.4. The van der Waals surface area contributed by atoms with E-state index >= 15 is 0 Å². The van der Waals surface area contributed by atoms with Gasteiger partial charge < -0.3 is 0 Å².